The van der Waals surface area contributed by atoms with Crippen molar-refractivity contribution in [1.29, 1.82) is 0 Å². The summed E-state index contributed by atoms with van der Waals surface area (Å²) in [4.78, 5) is 11.1. The second kappa shape index (κ2) is 6.24. The molecule has 0 atom stereocenters. The molecule has 0 aliphatic carbocycles. The maximum Gasteiger partial charge on any atom is 0.233 e. The number of hydrogen-bond donors (Lipinski definition) is 2. The number of carbonyl (C=O) groups is 1. The molecule has 0 saturated heterocycles. The fraction of sp³-hybridized carbons (Fsp3) is 0.545. The van der Waals surface area contributed by atoms with Gasteiger partial charge in [-0.3, -0.25) is 4.79 Å². The van der Waals surface area contributed by atoms with Gasteiger partial charge >= 0.3 is 0 Å². The fourth-order valence-corrected chi connectivity index (χ4v) is 1.48. The predicted octanol–water partition coefficient (Wildman–Crippen LogP) is 0.293. The van der Waals surface area contributed by atoms with E-state index in [9.17, 15) is 4.79 Å². The molecule has 0 fully saturated rings. The molecule has 0 radical (unpaired) electrons. The minimum atomic E-state index is 0.0596. The number of aromatic nitrogens is 1. The molecular weight excluding hydrogens is 190 g/mol. The van der Waals surface area contributed by atoms with Gasteiger partial charge in [-0.05, 0) is 32.0 Å². The molecule has 1 amide bonds. The summed E-state index contributed by atoms with van der Waals surface area (Å²) in [5.41, 5.74) is 1.30. The molecule has 0 saturated carbocycles. The van der Waals surface area contributed by atoms with Crippen LogP contribution in [-0.4, -0.2) is 30.6 Å². The van der Waals surface area contributed by atoms with Crippen LogP contribution in [0.5, 0.6) is 0 Å². The number of hydrogen-bond acceptors (Lipinski definition) is 2. The number of nitrogens with zero attached hydrogens (tertiary/aromatic N) is 1. The van der Waals surface area contributed by atoms with Crippen LogP contribution in [0.2, 0.25) is 0 Å². The van der Waals surface area contributed by atoms with Gasteiger partial charge in [-0.15, -0.1) is 0 Å². The van der Waals surface area contributed by atoms with Crippen LogP contribution < -0.4 is 10.6 Å². The van der Waals surface area contributed by atoms with Crippen molar-refractivity contribution in [3.05, 3.63) is 24.0 Å². The smallest absolute Gasteiger partial charge is 0.233 e. The van der Waals surface area contributed by atoms with Gasteiger partial charge in [-0.25, -0.2) is 0 Å². The van der Waals surface area contributed by atoms with Crippen molar-refractivity contribution >= 4 is 5.91 Å². The maximum absolute atomic E-state index is 11.1. The van der Waals surface area contributed by atoms with E-state index < -0.39 is 0 Å². The van der Waals surface area contributed by atoms with Gasteiger partial charge in [0.15, 0.2) is 0 Å². The van der Waals surface area contributed by atoms with E-state index in [1.54, 1.807) is 7.05 Å². The summed E-state index contributed by atoms with van der Waals surface area (Å²) in [5, 5.41) is 5.67. The van der Waals surface area contributed by atoms with Crippen LogP contribution in [0.4, 0.5) is 0 Å². The zero-order chi connectivity index (χ0) is 11.1. The van der Waals surface area contributed by atoms with Crippen LogP contribution in [0.1, 0.15) is 12.1 Å². The Hall–Kier alpha value is -1.29. The molecule has 15 heavy (non-hydrogen) atoms. The van der Waals surface area contributed by atoms with Gasteiger partial charge in [0.05, 0.1) is 6.54 Å². The standard InChI is InChI=1S/C11H19N3O/c1-12-9-11(15)13-7-3-5-10-6-4-8-14(10)2/h4,6,8,12H,3,5,7,9H2,1-2H3,(H,13,15). The zero-order valence-corrected chi connectivity index (χ0v) is 9.42. The highest BCUT2D eigenvalue weighted by atomic mass is 16.1. The molecule has 0 aliphatic heterocycles. The minimum absolute atomic E-state index is 0.0596. The molecule has 0 aliphatic rings. The minimum Gasteiger partial charge on any atom is -0.355 e. The molecule has 4 nitrogen and oxygen atoms in total. The number of rotatable bonds is 6. The van der Waals surface area contributed by atoms with Crippen molar-refractivity contribution < 1.29 is 4.79 Å². The quantitative estimate of drug-likeness (QED) is 0.662. The Morgan fingerprint density at radius 1 is 1.53 bits per heavy atom. The zero-order valence-electron chi connectivity index (χ0n) is 9.42. The first kappa shape index (κ1) is 11.8. The molecular formula is C11H19N3O. The van der Waals surface area contributed by atoms with Crippen molar-refractivity contribution in [3.63, 3.8) is 0 Å². The van der Waals surface area contributed by atoms with Crippen molar-refractivity contribution in [1.82, 2.24) is 15.2 Å². The highest BCUT2D eigenvalue weighted by Gasteiger charge is 1.99. The van der Waals surface area contributed by atoms with E-state index in [-0.39, 0.29) is 5.91 Å². The van der Waals surface area contributed by atoms with E-state index in [0.717, 1.165) is 19.4 Å². The predicted molar refractivity (Wildman–Crippen MR) is 60.7 cm³/mol. The molecule has 2 N–H and O–H groups in total. The first-order valence-electron chi connectivity index (χ1n) is 5.25. The van der Waals surface area contributed by atoms with Crippen LogP contribution >= 0.6 is 0 Å². The van der Waals surface area contributed by atoms with E-state index in [0.29, 0.717) is 6.54 Å². The summed E-state index contributed by atoms with van der Waals surface area (Å²) in [7, 11) is 3.80. The van der Waals surface area contributed by atoms with Crippen molar-refractivity contribution in [2.24, 2.45) is 7.05 Å². The highest BCUT2D eigenvalue weighted by molar-refractivity contribution is 5.77. The van der Waals surface area contributed by atoms with Gasteiger partial charge in [0.1, 0.15) is 0 Å². The van der Waals surface area contributed by atoms with Crippen LogP contribution in [0.3, 0.4) is 0 Å². The molecule has 1 aromatic heterocycles. The largest absolute Gasteiger partial charge is 0.355 e. The second-order valence-corrected chi connectivity index (χ2v) is 3.59. The van der Waals surface area contributed by atoms with Crippen molar-refractivity contribution in [2.75, 3.05) is 20.1 Å². The van der Waals surface area contributed by atoms with Gasteiger partial charge in [-0.1, -0.05) is 0 Å². The molecule has 1 aromatic rings. The van der Waals surface area contributed by atoms with Gasteiger partial charge in [0.25, 0.3) is 0 Å². The lowest BCUT2D eigenvalue weighted by Gasteiger charge is -2.05. The average Bonchev–Trinajstić information content (AvgIpc) is 2.60. The number of amides is 1. The molecule has 0 spiro atoms. The van der Waals surface area contributed by atoms with E-state index >= 15 is 0 Å². The highest BCUT2D eigenvalue weighted by Crippen LogP contribution is 2.02. The first-order valence-corrected chi connectivity index (χ1v) is 5.25. The molecule has 84 valence electrons. The lowest BCUT2D eigenvalue weighted by Crippen LogP contribution is -2.32. The van der Waals surface area contributed by atoms with Gasteiger partial charge in [-0.2, -0.15) is 0 Å². The lowest BCUT2D eigenvalue weighted by atomic mass is 10.2. The summed E-state index contributed by atoms with van der Waals surface area (Å²) in [6, 6.07) is 4.14. The monoisotopic (exact) mass is 209 g/mol. The van der Waals surface area contributed by atoms with Gasteiger partial charge in [0, 0.05) is 25.5 Å². The third-order valence-electron chi connectivity index (χ3n) is 2.32. The van der Waals surface area contributed by atoms with Crippen molar-refractivity contribution in [3.8, 4) is 0 Å². The Bertz CT molecular complexity index is 307. The molecule has 1 rings (SSSR count). The van der Waals surface area contributed by atoms with Crippen LogP contribution in [-0.2, 0) is 18.3 Å². The number of nitrogens with one attached hydrogen (secondary N) is 2. The van der Waals surface area contributed by atoms with Gasteiger partial charge in [0.2, 0.25) is 5.91 Å². The Morgan fingerprint density at radius 3 is 2.93 bits per heavy atom. The van der Waals surface area contributed by atoms with Crippen LogP contribution in [0, 0.1) is 0 Å². The van der Waals surface area contributed by atoms with E-state index in [4.69, 9.17) is 0 Å². The molecule has 0 aromatic carbocycles. The SMILES string of the molecule is CNCC(=O)NCCCc1cccn1C. The normalized spacial score (nSPS) is 10.3. The van der Waals surface area contributed by atoms with Crippen molar-refractivity contribution in [2.45, 2.75) is 12.8 Å². The summed E-state index contributed by atoms with van der Waals surface area (Å²) in [6.07, 6.45) is 4.02. The molecule has 1 heterocycles. The summed E-state index contributed by atoms with van der Waals surface area (Å²) < 4.78 is 2.11. The first-order chi connectivity index (χ1) is 7.24. The molecule has 0 unspecified atom stereocenters. The Kier molecular flexibility index (Phi) is 4.90. The third-order valence-corrected chi connectivity index (χ3v) is 2.32. The van der Waals surface area contributed by atoms with E-state index in [1.807, 2.05) is 19.3 Å². The van der Waals surface area contributed by atoms with E-state index in [2.05, 4.69) is 21.3 Å². The lowest BCUT2D eigenvalue weighted by molar-refractivity contribution is -0.120. The number of carbonyl (C=O) groups excluding carboxylic acids is 1. The average molecular weight is 209 g/mol. The summed E-state index contributed by atoms with van der Waals surface area (Å²) in [5.74, 6) is 0.0596. The second-order valence-electron chi connectivity index (χ2n) is 3.59. The Labute approximate surface area is 90.7 Å². The molecule has 0 bridgehead atoms. The third kappa shape index (κ3) is 4.16. The van der Waals surface area contributed by atoms with Gasteiger partial charge < -0.3 is 15.2 Å². The van der Waals surface area contributed by atoms with Crippen LogP contribution in [0.15, 0.2) is 18.3 Å². The number of aryl methyl sites for hydroxylation is 2. The topological polar surface area (TPSA) is 46.1 Å². The van der Waals surface area contributed by atoms with Crippen LogP contribution in [0.25, 0.3) is 0 Å². The molecule has 4 heteroatoms. The number of likely N-dealkylation sites (N-methyl/N-ethyl adjacent to an activating group) is 1. The fourth-order valence-electron chi connectivity index (χ4n) is 1.48. The Morgan fingerprint density at radius 2 is 2.33 bits per heavy atom. The summed E-state index contributed by atoms with van der Waals surface area (Å²) >= 11 is 0. The Balaban J connectivity index is 2.12. The van der Waals surface area contributed by atoms with E-state index in [1.165, 1.54) is 5.69 Å². The summed E-state index contributed by atoms with van der Waals surface area (Å²) in [6.45, 7) is 1.13. The maximum atomic E-state index is 11.1.